The van der Waals surface area contributed by atoms with Crippen LogP contribution in [0.5, 0.6) is 0 Å². The molecular formula is C5H6N9+. The van der Waals surface area contributed by atoms with Crippen LogP contribution in [-0.4, -0.2) is 15.0 Å². The fourth-order valence-corrected chi connectivity index (χ4v) is 1.10. The summed E-state index contributed by atoms with van der Waals surface area (Å²) in [5.41, 5.74) is 20.2. The zero-order chi connectivity index (χ0) is 10.1. The molecule has 0 aliphatic rings. The minimum atomic E-state index is -0.0140. The molecule has 0 aliphatic carbocycles. The highest BCUT2D eigenvalue weighted by Gasteiger charge is 2.20. The fourth-order valence-electron chi connectivity index (χ4n) is 1.10. The molecule has 5 N–H and O–H groups in total. The van der Waals surface area contributed by atoms with E-state index in [1.165, 1.54) is 6.33 Å². The van der Waals surface area contributed by atoms with Crippen molar-refractivity contribution in [3.8, 4) is 0 Å². The lowest BCUT2D eigenvalue weighted by Gasteiger charge is -1.93. The summed E-state index contributed by atoms with van der Waals surface area (Å²) in [5.74, 6) is 0.194. The minimum absolute atomic E-state index is 0.0140. The molecule has 0 atom stereocenters. The quantitative estimate of drug-likeness (QED) is 0.241. The van der Waals surface area contributed by atoms with Gasteiger partial charge in [-0.2, -0.15) is 4.98 Å². The smallest absolute Gasteiger partial charge is 0.381 e. The molecule has 0 unspecified atom stereocenters. The molecule has 0 saturated carbocycles. The molecule has 9 heteroatoms. The molecule has 2 aromatic rings. The van der Waals surface area contributed by atoms with Crippen LogP contribution in [0.25, 0.3) is 21.6 Å². The minimum Gasteiger partial charge on any atom is -0.381 e. The highest BCUT2D eigenvalue weighted by Crippen LogP contribution is 2.11. The van der Waals surface area contributed by atoms with E-state index in [9.17, 15) is 0 Å². The van der Waals surface area contributed by atoms with Crippen LogP contribution < -0.4 is 16.1 Å². The predicted octanol–water partition coefficient (Wildman–Crippen LogP) is -0.517. The molecule has 0 saturated heterocycles. The Morgan fingerprint density at radius 1 is 1.57 bits per heavy atom. The maximum Gasteiger partial charge on any atom is 0.398 e. The van der Waals surface area contributed by atoms with Gasteiger partial charge in [0, 0.05) is 5.53 Å². The number of aromatic amines is 1. The SMILES string of the molecule is [N-]=[N+]=N[n+]1c(N)nc(N)c2[nH]cnc21. The number of nitrogens with zero attached hydrogens (tertiary/aromatic N) is 6. The molecule has 2 aromatic heterocycles. The highest BCUT2D eigenvalue weighted by molar-refractivity contribution is 5.79. The Labute approximate surface area is 77.0 Å². The molecule has 0 fully saturated rings. The molecule has 0 aliphatic heterocycles. The summed E-state index contributed by atoms with van der Waals surface area (Å²) in [4.78, 5) is 13.0. The molecule has 9 nitrogen and oxygen atoms in total. The third kappa shape index (κ3) is 0.967. The van der Waals surface area contributed by atoms with Crippen LogP contribution in [0.2, 0.25) is 0 Å². The number of hydrogen-bond acceptors (Lipinski definition) is 5. The summed E-state index contributed by atoms with van der Waals surface area (Å²) in [6.45, 7) is 0. The molecule has 2 heterocycles. The standard InChI is InChI=1S/C5H5N9/c6-3-2-4(10-1-9-2)14(13-12-8)5(7)11-3/h1H,(H4,6,7,9,10,11)/p+1. The molecular weight excluding hydrogens is 186 g/mol. The summed E-state index contributed by atoms with van der Waals surface area (Å²) in [6, 6.07) is 0. The van der Waals surface area contributed by atoms with Gasteiger partial charge in [0.15, 0.2) is 11.3 Å². The van der Waals surface area contributed by atoms with Gasteiger partial charge in [0.05, 0.1) is 11.2 Å². The van der Waals surface area contributed by atoms with Gasteiger partial charge in [-0.15, -0.1) is 4.98 Å². The van der Waals surface area contributed by atoms with Gasteiger partial charge in [-0.05, 0) is 4.68 Å². The fraction of sp³-hybridized carbons (Fsp3) is 0. The van der Waals surface area contributed by atoms with Crippen LogP contribution >= 0.6 is 0 Å². The topological polar surface area (TPSA) is 146 Å². The number of aromatic nitrogens is 4. The van der Waals surface area contributed by atoms with Crippen LogP contribution in [-0.2, 0) is 0 Å². The molecule has 0 amide bonds. The first-order valence-electron chi connectivity index (χ1n) is 3.59. The Hall–Kier alpha value is -2.54. The number of rotatable bonds is 1. The molecule has 0 radical (unpaired) electrons. The van der Waals surface area contributed by atoms with E-state index in [1.54, 1.807) is 0 Å². The van der Waals surface area contributed by atoms with Crippen LogP contribution in [0.4, 0.5) is 11.8 Å². The van der Waals surface area contributed by atoms with Gasteiger partial charge in [-0.3, -0.25) is 0 Å². The van der Waals surface area contributed by atoms with Gasteiger partial charge in [0.1, 0.15) is 0 Å². The van der Waals surface area contributed by atoms with E-state index in [0.29, 0.717) is 11.2 Å². The van der Waals surface area contributed by atoms with E-state index in [4.69, 9.17) is 17.0 Å². The van der Waals surface area contributed by atoms with Crippen molar-refractivity contribution in [2.24, 2.45) is 5.22 Å². The number of fused-ring (bicyclic) bond motifs is 1. The first-order chi connectivity index (χ1) is 6.74. The van der Waals surface area contributed by atoms with Gasteiger partial charge < -0.3 is 16.5 Å². The van der Waals surface area contributed by atoms with Gasteiger partial charge in [-0.25, -0.2) is 0 Å². The number of azide groups is 1. The summed E-state index contributed by atoms with van der Waals surface area (Å²) in [7, 11) is 0. The molecule has 2 rings (SSSR count). The first kappa shape index (κ1) is 8.08. The van der Waals surface area contributed by atoms with Crippen molar-refractivity contribution in [2.75, 3.05) is 11.5 Å². The van der Waals surface area contributed by atoms with Crippen molar-refractivity contribution in [2.45, 2.75) is 0 Å². The molecule has 70 valence electrons. The van der Waals surface area contributed by atoms with Crippen LogP contribution in [0.1, 0.15) is 0 Å². The summed E-state index contributed by atoms with van der Waals surface area (Å²) in [6.07, 6.45) is 1.41. The number of nitrogens with two attached hydrogens (primary N) is 2. The van der Waals surface area contributed by atoms with Crippen molar-refractivity contribution in [1.82, 2.24) is 15.0 Å². The molecule has 0 spiro atoms. The second-order valence-electron chi connectivity index (χ2n) is 2.45. The Balaban J connectivity index is 2.92. The van der Waals surface area contributed by atoms with Crippen molar-refractivity contribution in [3.05, 3.63) is 16.8 Å². The van der Waals surface area contributed by atoms with E-state index >= 15 is 0 Å². The lowest BCUT2D eigenvalue weighted by Crippen LogP contribution is -2.33. The second-order valence-corrected chi connectivity index (χ2v) is 2.45. The van der Waals surface area contributed by atoms with Gasteiger partial charge in [-0.1, -0.05) is 0 Å². The first-order valence-corrected chi connectivity index (χ1v) is 3.59. The average molecular weight is 192 g/mol. The number of nitrogens with one attached hydrogen (secondary N) is 1. The Morgan fingerprint density at radius 2 is 2.36 bits per heavy atom. The predicted molar refractivity (Wildman–Crippen MR) is 47.5 cm³/mol. The maximum absolute atomic E-state index is 8.30. The highest BCUT2D eigenvalue weighted by atomic mass is 15.5. The van der Waals surface area contributed by atoms with E-state index in [-0.39, 0.29) is 11.8 Å². The summed E-state index contributed by atoms with van der Waals surface area (Å²) < 4.78 is 1.06. The van der Waals surface area contributed by atoms with Crippen LogP contribution in [0, 0.1) is 0 Å². The summed E-state index contributed by atoms with van der Waals surface area (Å²) >= 11 is 0. The zero-order valence-electron chi connectivity index (χ0n) is 6.92. The average Bonchev–Trinajstić information content (AvgIpc) is 2.60. The monoisotopic (exact) mass is 192 g/mol. The lowest BCUT2D eigenvalue weighted by atomic mass is 10.5. The Morgan fingerprint density at radius 3 is 3.07 bits per heavy atom. The third-order valence-corrected chi connectivity index (χ3v) is 1.66. The van der Waals surface area contributed by atoms with Gasteiger partial charge >= 0.3 is 11.6 Å². The van der Waals surface area contributed by atoms with Crippen LogP contribution in [0.15, 0.2) is 11.6 Å². The third-order valence-electron chi connectivity index (χ3n) is 1.66. The largest absolute Gasteiger partial charge is 0.398 e. The van der Waals surface area contributed by atoms with Gasteiger partial charge in [0.25, 0.3) is 0 Å². The van der Waals surface area contributed by atoms with E-state index in [2.05, 4.69) is 25.1 Å². The maximum atomic E-state index is 8.30. The number of nitrogen functional groups attached to an aromatic ring is 2. The molecule has 0 aromatic carbocycles. The van der Waals surface area contributed by atoms with Crippen molar-refractivity contribution < 1.29 is 4.68 Å². The van der Waals surface area contributed by atoms with Crippen molar-refractivity contribution >= 4 is 22.9 Å². The summed E-state index contributed by atoms with van der Waals surface area (Å²) in [5, 5.41) is 3.32. The van der Waals surface area contributed by atoms with Crippen molar-refractivity contribution in [1.29, 1.82) is 0 Å². The van der Waals surface area contributed by atoms with E-state index in [1.807, 2.05) is 0 Å². The normalized spacial score (nSPS) is 10.0. The number of anilines is 2. The van der Waals surface area contributed by atoms with Crippen LogP contribution in [0.3, 0.4) is 0 Å². The number of hydrogen-bond donors (Lipinski definition) is 3. The Bertz CT molecular complexity index is 533. The second kappa shape index (κ2) is 2.75. The number of imidazole rings is 1. The molecule has 14 heavy (non-hydrogen) atoms. The Kier molecular flexibility index (Phi) is 1.58. The van der Waals surface area contributed by atoms with E-state index in [0.717, 1.165) is 4.68 Å². The lowest BCUT2D eigenvalue weighted by molar-refractivity contribution is -0.644. The van der Waals surface area contributed by atoms with Gasteiger partial charge in [0.2, 0.25) is 5.22 Å². The van der Waals surface area contributed by atoms with E-state index < -0.39 is 0 Å². The number of H-pyrrole nitrogens is 1. The zero-order valence-corrected chi connectivity index (χ0v) is 6.92. The van der Waals surface area contributed by atoms with Crippen molar-refractivity contribution in [3.63, 3.8) is 0 Å². The molecule has 0 bridgehead atoms.